The number of carbonyl (C=O) groups is 2. The molecule has 3 aromatic rings. The third-order valence-electron chi connectivity index (χ3n) is 6.45. The lowest BCUT2D eigenvalue weighted by Crippen LogP contribution is -2.29. The Kier molecular flexibility index (Phi) is 4.38. The minimum Gasteiger partial charge on any atom is -0.363 e. The minimum absolute atomic E-state index is 0.0271. The van der Waals surface area contributed by atoms with Crippen molar-refractivity contribution in [1.82, 2.24) is 30.0 Å². The molecule has 1 aliphatic heterocycles. The Labute approximate surface area is 201 Å². The van der Waals surface area contributed by atoms with Crippen molar-refractivity contribution in [2.75, 3.05) is 29.6 Å². The zero-order valence-electron chi connectivity index (χ0n) is 22.3. The number of aryl methyl sites for hydroxylation is 1. The SMILES string of the molecule is [2H]C([2H])([2H])NC(=O)c1nnc(NC(=O)C2CC2)cc1Nc1nccc2c1N(C)[C@@H](C)c1c-2nc(C)n1C. The van der Waals surface area contributed by atoms with Crippen molar-refractivity contribution in [2.24, 2.45) is 13.0 Å². The highest BCUT2D eigenvalue weighted by Gasteiger charge is 2.33. The van der Waals surface area contributed by atoms with Crippen LogP contribution in [0.4, 0.5) is 23.0 Å². The van der Waals surface area contributed by atoms with Gasteiger partial charge >= 0.3 is 0 Å². The van der Waals surface area contributed by atoms with E-state index in [2.05, 4.69) is 42.2 Å². The van der Waals surface area contributed by atoms with Crippen LogP contribution in [0, 0.1) is 12.8 Å². The predicted octanol–water partition coefficient (Wildman–Crippen LogP) is 2.54. The number of anilines is 4. The molecular formula is C23H27N9O2. The van der Waals surface area contributed by atoms with E-state index in [1.54, 1.807) is 6.20 Å². The van der Waals surface area contributed by atoms with Crippen LogP contribution in [0.15, 0.2) is 18.3 Å². The lowest BCUT2D eigenvalue weighted by atomic mass is 9.98. The number of carbonyl (C=O) groups excluding carboxylic acids is 2. The highest BCUT2D eigenvalue weighted by Crippen LogP contribution is 2.46. The van der Waals surface area contributed by atoms with Crippen molar-refractivity contribution in [3.05, 3.63) is 35.5 Å². The van der Waals surface area contributed by atoms with Crippen LogP contribution in [0.3, 0.4) is 0 Å². The lowest BCUT2D eigenvalue weighted by molar-refractivity contribution is -0.117. The van der Waals surface area contributed by atoms with Gasteiger partial charge in [-0.2, -0.15) is 0 Å². The summed E-state index contributed by atoms with van der Waals surface area (Å²) in [5.74, 6) is 0.245. The first-order valence-electron chi connectivity index (χ1n) is 12.5. The molecule has 11 heteroatoms. The number of imidazole rings is 1. The van der Waals surface area contributed by atoms with E-state index in [1.807, 2.05) is 32.4 Å². The minimum atomic E-state index is -2.72. The largest absolute Gasteiger partial charge is 0.363 e. The molecule has 3 aromatic heterocycles. The van der Waals surface area contributed by atoms with Gasteiger partial charge in [0.1, 0.15) is 5.82 Å². The van der Waals surface area contributed by atoms with Gasteiger partial charge < -0.3 is 25.4 Å². The van der Waals surface area contributed by atoms with Crippen molar-refractivity contribution in [1.29, 1.82) is 0 Å². The molecule has 34 heavy (non-hydrogen) atoms. The van der Waals surface area contributed by atoms with Gasteiger partial charge in [-0.3, -0.25) is 9.59 Å². The van der Waals surface area contributed by atoms with Crippen LogP contribution >= 0.6 is 0 Å². The zero-order chi connectivity index (χ0) is 26.6. The molecule has 176 valence electrons. The molecule has 0 spiro atoms. The van der Waals surface area contributed by atoms with E-state index in [0.717, 1.165) is 41.3 Å². The van der Waals surface area contributed by atoms with E-state index in [-0.39, 0.29) is 35.1 Å². The first kappa shape index (κ1) is 18.4. The Morgan fingerprint density at radius 2 is 2.03 bits per heavy atom. The van der Waals surface area contributed by atoms with Crippen molar-refractivity contribution in [2.45, 2.75) is 32.7 Å². The number of pyridine rings is 1. The van der Waals surface area contributed by atoms with Crippen molar-refractivity contribution in [3.63, 3.8) is 0 Å². The summed E-state index contributed by atoms with van der Waals surface area (Å²) in [5.41, 5.74) is 3.42. The summed E-state index contributed by atoms with van der Waals surface area (Å²) in [5, 5.41) is 15.7. The van der Waals surface area contributed by atoms with Crippen LogP contribution < -0.4 is 20.9 Å². The van der Waals surface area contributed by atoms with Gasteiger partial charge in [-0.25, -0.2) is 9.97 Å². The predicted molar refractivity (Wildman–Crippen MR) is 128 cm³/mol. The summed E-state index contributed by atoms with van der Waals surface area (Å²) in [7, 11) is 3.92. The Balaban J connectivity index is 1.58. The molecule has 5 rings (SSSR count). The molecule has 0 aromatic carbocycles. The molecular weight excluding hydrogens is 434 g/mol. The summed E-state index contributed by atoms with van der Waals surface area (Å²) in [6, 6.07) is 3.30. The highest BCUT2D eigenvalue weighted by molar-refractivity contribution is 6.00. The average Bonchev–Trinajstić information content (AvgIpc) is 3.62. The number of rotatable bonds is 5. The lowest BCUT2D eigenvalue weighted by Gasteiger charge is -2.35. The van der Waals surface area contributed by atoms with Crippen LogP contribution in [-0.2, 0) is 11.8 Å². The molecule has 2 amide bonds. The first-order chi connectivity index (χ1) is 17.4. The van der Waals surface area contributed by atoms with Crippen molar-refractivity contribution >= 4 is 34.8 Å². The molecule has 0 saturated heterocycles. The fourth-order valence-electron chi connectivity index (χ4n) is 4.25. The van der Waals surface area contributed by atoms with Gasteiger partial charge in [0.25, 0.3) is 5.91 Å². The fourth-order valence-corrected chi connectivity index (χ4v) is 4.25. The van der Waals surface area contributed by atoms with E-state index in [1.165, 1.54) is 6.07 Å². The fraction of sp³-hybridized carbons (Fsp3) is 0.391. The zero-order valence-corrected chi connectivity index (χ0v) is 19.3. The molecule has 3 N–H and O–H groups in total. The number of fused-ring (bicyclic) bond motifs is 3. The summed E-state index contributed by atoms with van der Waals surface area (Å²) in [6.07, 6.45) is 3.25. The maximum absolute atomic E-state index is 12.8. The number of amides is 2. The molecule has 0 bridgehead atoms. The number of nitrogens with zero attached hydrogens (tertiary/aromatic N) is 6. The molecule has 0 radical (unpaired) electrons. The maximum Gasteiger partial charge on any atom is 0.273 e. The highest BCUT2D eigenvalue weighted by atomic mass is 16.2. The van der Waals surface area contributed by atoms with Gasteiger partial charge in [-0.05, 0) is 32.8 Å². The van der Waals surface area contributed by atoms with Gasteiger partial charge in [0.05, 0.1) is 28.8 Å². The molecule has 2 aliphatic rings. The van der Waals surface area contributed by atoms with Crippen LogP contribution in [0.2, 0.25) is 0 Å². The number of hydrogen-bond donors (Lipinski definition) is 3. The second-order valence-electron chi connectivity index (χ2n) is 8.63. The van der Waals surface area contributed by atoms with Crippen molar-refractivity contribution < 1.29 is 13.7 Å². The van der Waals surface area contributed by atoms with E-state index in [4.69, 9.17) is 9.10 Å². The number of hydrogen-bond acceptors (Lipinski definition) is 8. The Morgan fingerprint density at radius 1 is 1.24 bits per heavy atom. The second kappa shape index (κ2) is 8.08. The molecule has 1 saturated carbocycles. The van der Waals surface area contributed by atoms with Gasteiger partial charge in [0, 0.05) is 48.9 Å². The molecule has 1 aliphatic carbocycles. The van der Waals surface area contributed by atoms with Gasteiger partial charge in [0.15, 0.2) is 17.3 Å². The molecule has 1 fully saturated rings. The second-order valence-corrected chi connectivity index (χ2v) is 8.63. The van der Waals surface area contributed by atoms with Crippen LogP contribution in [-0.4, -0.2) is 50.6 Å². The monoisotopic (exact) mass is 464 g/mol. The smallest absolute Gasteiger partial charge is 0.273 e. The van der Waals surface area contributed by atoms with Gasteiger partial charge in [-0.15, -0.1) is 10.2 Å². The maximum atomic E-state index is 12.8. The summed E-state index contributed by atoms with van der Waals surface area (Å²) < 4.78 is 24.3. The van der Waals surface area contributed by atoms with Gasteiger partial charge in [-0.1, -0.05) is 0 Å². The molecule has 1 atom stereocenters. The van der Waals surface area contributed by atoms with Crippen LogP contribution in [0.25, 0.3) is 11.3 Å². The van der Waals surface area contributed by atoms with E-state index >= 15 is 0 Å². The number of nitrogens with one attached hydrogen (secondary N) is 3. The molecule has 0 unspecified atom stereocenters. The first-order valence-corrected chi connectivity index (χ1v) is 11.0. The quantitative estimate of drug-likeness (QED) is 0.525. The van der Waals surface area contributed by atoms with Crippen LogP contribution in [0.1, 0.15) is 51.9 Å². The third kappa shape index (κ3) is 3.53. The number of aromatic nitrogens is 5. The van der Waals surface area contributed by atoms with E-state index < -0.39 is 12.9 Å². The third-order valence-corrected chi connectivity index (χ3v) is 6.45. The summed E-state index contributed by atoms with van der Waals surface area (Å²) in [4.78, 5) is 36.4. The Hall–Kier alpha value is -4.02. The topological polar surface area (TPSA) is 130 Å². The van der Waals surface area contributed by atoms with Gasteiger partial charge in [0.2, 0.25) is 5.91 Å². The standard InChI is InChI=1S/C23H27N9O2/c1-11-19-17(26-12(2)32(19)5)14-8-9-25-21(20(14)31(11)4)27-15-10-16(28-22(33)13-6-7-13)29-30-18(15)23(34)24-3/h8-11,13H,6-7H2,1-5H3,(H,24,34)(H2,25,27,28,29,33)/t11-/m0/s1/i3D3. The van der Waals surface area contributed by atoms with Crippen LogP contribution in [0.5, 0.6) is 0 Å². The molecule has 11 nitrogen and oxygen atoms in total. The van der Waals surface area contributed by atoms with E-state index in [9.17, 15) is 9.59 Å². The average molecular weight is 465 g/mol. The van der Waals surface area contributed by atoms with E-state index in [0.29, 0.717) is 5.82 Å². The molecule has 4 heterocycles. The Bertz CT molecular complexity index is 1420. The Morgan fingerprint density at radius 3 is 2.76 bits per heavy atom. The summed E-state index contributed by atoms with van der Waals surface area (Å²) >= 11 is 0. The normalized spacial score (nSPS) is 18.2. The summed E-state index contributed by atoms with van der Waals surface area (Å²) in [6.45, 7) is 1.29. The van der Waals surface area contributed by atoms with Crippen molar-refractivity contribution in [3.8, 4) is 11.3 Å².